The molecule has 2 amide bonds. The highest BCUT2D eigenvalue weighted by atomic mass is 16.3. The van der Waals surface area contributed by atoms with E-state index in [4.69, 9.17) is 0 Å². The number of rotatable bonds is 6. The Bertz CT molecular complexity index is 407. The van der Waals surface area contributed by atoms with E-state index in [2.05, 4.69) is 10.4 Å². The van der Waals surface area contributed by atoms with Crippen LogP contribution in [0.4, 0.5) is 4.79 Å². The van der Waals surface area contributed by atoms with Gasteiger partial charge in [0.15, 0.2) is 0 Å². The van der Waals surface area contributed by atoms with Crippen molar-refractivity contribution in [1.82, 2.24) is 20.0 Å². The van der Waals surface area contributed by atoms with E-state index in [0.717, 1.165) is 32.2 Å². The number of aliphatic hydroxyl groups is 1. The van der Waals surface area contributed by atoms with Gasteiger partial charge in [0.1, 0.15) is 0 Å². The summed E-state index contributed by atoms with van der Waals surface area (Å²) in [5.74, 6) is 0.231. The molecule has 6 heteroatoms. The summed E-state index contributed by atoms with van der Waals surface area (Å²) >= 11 is 0. The molecule has 1 saturated carbocycles. The summed E-state index contributed by atoms with van der Waals surface area (Å²) in [6.45, 7) is 2.07. The lowest BCUT2D eigenvalue weighted by atomic mass is 10.1. The topological polar surface area (TPSA) is 70.4 Å². The van der Waals surface area contributed by atoms with E-state index in [-0.39, 0.29) is 18.1 Å². The second kappa shape index (κ2) is 7.28. The number of hydrogen-bond donors (Lipinski definition) is 2. The molecule has 1 fully saturated rings. The molecular formula is C14H24N4O2. The van der Waals surface area contributed by atoms with Crippen LogP contribution in [0.1, 0.15) is 25.7 Å². The maximum absolute atomic E-state index is 11.9. The van der Waals surface area contributed by atoms with Gasteiger partial charge in [0.2, 0.25) is 0 Å². The van der Waals surface area contributed by atoms with Crippen LogP contribution in [0.2, 0.25) is 0 Å². The number of nitrogens with one attached hydrogen (secondary N) is 1. The number of hydrogen-bond acceptors (Lipinski definition) is 3. The summed E-state index contributed by atoms with van der Waals surface area (Å²) < 4.78 is 1.85. The molecular weight excluding hydrogens is 256 g/mol. The number of carbonyl (C=O) groups is 1. The molecule has 6 nitrogen and oxygen atoms in total. The van der Waals surface area contributed by atoms with E-state index in [0.29, 0.717) is 13.1 Å². The smallest absolute Gasteiger partial charge is 0.317 e. The first-order valence-corrected chi connectivity index (χ1v) is 7.31. The van der Waals surface area contributed by atoms with Crippen molar-refractivity contribution in [2.75, 3.05) is 20.1 Å². The number of carbonyl (C=O) groups excluding carboxylic acids is 1. The lowest BCUT2D eigenvalue weighted by Crippen LogP contribution is -2.41. The monoisotopic (exact) mass is 280 g/mol. The van der Waals surface area contributed by atoms with E-state index in [1.807, 2.05) is 16.9 Å². The molecule has 2 N–H and O–H groups in total. The van der Waals surface area contributed by atoms with Crippen LogP contribution < -0.4 is 5.32 Å². The van der Waals surface area contributed by atoms with Crippen LogP contribution in [-0.2, 0) is 6.54 Å². The van der Waals surface area contributed by atoms with Gasteiger partial charge in [-0.3, -0.25) is 4.68 Å². The molecule has 112 valence electrons. The third-order valence-electron chi connectivity index (χ3n) is 3.87. The molecule has 2 unspecified atom stereocenters. The Morgan fingerprint density at radius 2 is 2.40 bits per heavy atom. The zero-order valence-electron chi connectivity index (χ0n) is 12.0. The van der Waals surface area contributed by atoms with Gasteiger partial charge < -0.3 is 15.3 Å². The molecule has 0 spiro atoms. The third kappa shape index (κ3) is 4.23. The molecule has 1 aromatic rings. The minimum atomic E-state index is -0.245. The van der Waals surface area contributed by atoms with Gasteiger partial charge in [0, 0.05) is 45.0 Å². The van der Waals surface area contributed by atoms with Crippen molar-refractivity contribution in [1.29, 1.82) is 0 Å². The average Bonchev–Trinajstić information content (AvgIpc) is 3.07. The van der Waals surface area contributed by atoms with Gasteiger partial charge in [-0.2, -0.15) is 5.10 Å². The minimum Gasteiger partial charge on any atom is -0.393 e. The van der Waals surface area contributed by atoms with E-state index < -0.39 is 0 Å². The van der Waals surface area contributed by atoms with Gasteiger partial charge in [0.25, 0.3) is 0 Å². The Morgan fingerprint density at radius 3 is 3.05 bits per heavy atom. The number of aromatic nitrogens is 2. The average molecular weight is 280 g/mol. The number of nitrogens with zero attached hydrogens (tertiary/aromatic N) is 3. The first-order valence-electron chi connectivity index (χ1n) is 7.31. The van der Waals surface area contributed by atoms with E-state index in [1.165, 1.54) is 0 Å². The van der Waals surface area contributed by atoms with E-state index >= 15 is 0 Å². The van der Waals surface area contributed by atoms with Crippen LogP contribution in [-0.4, -0.2) is 52.1 Å². The largest absolute Gasteiger partial charge is 0.393 e. The molecule has 0 aromatic carbocycles. The van der Waals surface area contributed by atoms with Crippen molar-refractivity contribution in [2.45, 2.75) is 38.3 Å². The summed E-state index contributed by atoms with van der Waals surface area (Å²) in [6.07, 6.45) is 7.21. The van der Waals surface area contributed by atoms with Crippen molar-refractivity contribution in [3.8, 4) is 0 Å². The van der Waals surface area contributed by atoms with Crippen LogP contribution in [0, 0.1) is 5.92 Å². The number of amides is 2. The third-order valence-corrected chi connectivity index (χ3v) is 3.87. The van der Waals surface area contributed by atoms with Crippen molar-refractivity contribution in [3.05, 3.63) is 18.5 Å². The Hall–Kier alpha value is -1.56. The van der Waals surface area contributed by atoms with Gasteiger partial charge in [0.05, 0.1) is 6.10 Å². The Labute approximate surface area is 119 Å². The van der Waals surface area contributed by atoms with Gasteiger partial charge in [-0.1, -0.05) is 6.42 Å². The van der Waals surface area contributed by atoms with Crippen LogP contribution in [0.15, 0.2) is 18.5 Å². The second-order valence-corrected chi connectivity index (χ2v) is 5.49. The summed E-state index contributed by atoms with van der Waals surface area (Å²) in [7, 11) is 1.79. The zero-order valence-corrected chi connectivity index (χ0v) is 12.0. The molecule has 2 rings (SSSR count). The molecule has 1 aliphatic carbocycles. The van der Waals surface area contributed by atoms with Crippen molar-refractivity contribution in [3.63, 3.8) is 0 Å². The number of aliphatic hydroxyl groups excluding tert-OH is 1. The molecule has 1 heterocycles. The van der Waals surface area contributed by atoms with Crippen molar-refractivity contribution in [2.24, 2.45) is 5.92 Å². The number of aryl methyl sites for hydroxylation is 1. The van der Waals surface area contributed by atoms with Gasteiger partial charge in [-0.05, 0) is 25.3 Å². The van der Waals surface area contributed by atoms with Crippen LogP contribution in [0.25, 0.3) is 0 Å². The van der Waals surface area contributed by atoms with Crippen LogP contribution >= 0.6 is 0 Å². The molecule has 20 heavy (non-hydrogen) atoms. The Balaban J connectivity index is 1.61. The summed E-state index contributed by atoms with van der Waals surface area (Å²) in [6, 6.07) is 1.82. The molecule has 0 aliphatic heterocycles. The van der Waals surface area contributed by atoms with Gasteiger partial charge in [-0.25, -0.2) is 4.79 Å². The normalized spacial score (nSPS) is 21.9. The Kier molecular flexibility index (Phi) is 5.40. The van der Waals surface area contributed by atoms with E-state index in [1.54, 1.807) is 18.1 Å². The molecule has 1 aromatic heterocycles. The predicted molar refractivity (Wildman–Crippen MR) is 76.2 cm³/mol. The van der Waals surface area contributed by atoms with Crippen LogP contribution in [0.5, 0.6) is 0 Å². The predicted octanol–water partition coefficient (Wildman–Crippen LogP) is 1.08. The first kappa shape index (κ1) is 14.8. The maximum Gasteiger partial charge on any atom is 0.317 e. The lowest BCUT2D eigenvalue weighted by molar-refractivity contribution is 0.114. The van der Waals surface area contributed by atoms with E-state index in [9.17, 15) is 9.90 Å². The fraction of sp³-hybridized carbons (Fsp3) is 0.714. The quantitative estimate of drug-likeness (QED) is 0.766. The number of urea groups is 1. The highest BCUT2D eigenvalue weighted by Gasteiger charge is 2.27. The Morgan fingerprint density at radius 1 is 1.55 bits per heavy atom. The van der Waals surface area contributed by atoms with Crippen molar-refractivity contribution >= 4 is 6.03 Å². The van der Waals surface area contributed by atoms with Gasteiger partial charge in [-0.15, -0.1) is 0 Å². The highest BCUT2D eigenvalue weighted by molar-refractivity contribution is 5.73. The van der Waals surface area contributed by atoms with Crippen molar-refractivity contribution < 1.29 is 9.90 Å². The highest BCUT2D eigenvalue weighted by Crippen LogP contribution is 2.25. The van der Waals surface area contributed by atoms with Gasteiger partial charge >= 0.3 is 6.03 Å². The maximum atomic E-state index is 11.9. The SMILES string of the molecule is CN(CC1CCCC1O)C(=O)NCCCn1cccn1. The van der Waals surface area contributed by atoms with Crippen LogP contribution in [0.3, 0.4) is 0 Å². The fourth-order valence-electron chi connectivity index (χ4n) is 2.67. The second-order valence-electron chi connectivity index (χ2n) is 5.49. The summed E-state index contributed by atoms with van der Waals surface area (Å²) in [5.41, 5.74) is 0. The molecule has 0 bridgehead atoms. The fourth-order valence-corrected chi connectivity index (χ4v) is 2.67. The molecule has 0 radical (unpaired) electrons. The zero-order chi connectivity index (χ0) is 14.4. The summed E-state index contributed by atoms with van der Waals surface area (Å²) in [5, 5.41) is 16.8. The molecule has 1 aliphatic rings. The standard InChI is InChI=1S/C14H24N4O2/c1-17(11-12-5-2-6-13(12)19)14(20)15-7-3-9-18-10-4-8-16-18/h4,8,10,12-13,19H,2-3,5-7,9,11H2,1H3,(H,15,20). The summed E-state index contributed by atoms with van der Waals surface area (Å²) in [4.78, 5) is 13.6. The minimum absolute atomic E-state index is 0.0652. The first-order chi connectivity index (χ1) is 9.66. The lowest BCUT2D eigenvalue weighted by Gasteiger charge is -2.23. The molecule has 0 saturated heterocycles. The molecule has 2 atom stereocenters.